The topological polar surface area (TPSA) is 73.0 Å². The van der Waals surface area contributed by atoms with Crippen molar-refractivity contribution in [3.63, 3.8) is 0 Å². The Bertz CT molecular complexity index is 706. The zero-order valence-electron chi connectivity index (χ0n) is 12.2. The van der Waals surface area contributed by atoms with Gasteiger partial charge in [-0.1, -0.05) is 19.4 Å². The van der Waals surface area contributed by atoms with Crippen LogP contribution in [0.15, 0.2) is 18.2 Å². The summed E-state index contributed by atoms with van der Waals surface area (Å²) < 4.78 is 1.83. The van der Waals surface area contributed by atoms with Gasteiger partial charge in [0.2, 0.25) is 0 Å². The molecule has 1 N–H and O–H groups in total. The fourth-order valence-electron chi connectivity index (χ4n) is 2.80. The van der Waals surface area contributed by atoms with Crippen molar-refractivity contribution >= 4 is 11.5 Å². The molecule has 2 aromatic rings. The lowest BCUT2D eigenvalue weighted by Crippen LogP contribution is -2.06. The molecule has 21 heavy (non-hydrogen) atoms. The van der Waals surface area contributed by atoms with E-state index >= 15 is 0 Å². The third kappa shape index (κ3) is 2.26. The van der Waals surface area contributed by atoms with Gasteiger partial charge in [0.15, 0.2) is 0 Å². The van der Waals surface area contributed by atoms with Gasteiger partial charge in [0.05, 0.1) is 16.3 Å². The number of hydrogen-bond acceptors (Lipinski definition) is 4. The SMILES string of the molecule is CCCc1nn(-c2cc([N+](=O)[O-])ccc2C)c2c1CCN2. The second kappa shape index (κ2) is 5.20. The Hall–Kier alpha value is -2.37. The van der Waals surface area contributed by atoms with Gasteiger partial charge < -0.3 is 5.32 Å². The van der Waals surface area contributed by atoms with Crippen LogP contribution in [0, 0.1) is 17.0 Å². The molecule has 0 fully saturated rings. The van der Waals surface area contributed by atoms with Crippen molar-refractivity contribution < 1.29 is 4.92 Å². The van der Waals surface area contributed by atoms with Crippen LogP contribution in [-0.4, -0.2) is 21.2 Å². The summed E-state index contributed by atoms with van der Waals surface area (Å²) in [5, 5.41) is 19.0. The number of aryl methyl sites for hydroxylation is 2. The molecular weight excluding hydrogens is 268 g/mol. The number of benzene rings is 1. The highest BCUT2D eigenvalue weighted by Gasteiger charge is 2.23. The van der Waals surface area contributed by atoms with Gasteiger partial charge >= 0.3 is 0 Å². The van der Waals surface area contributed by atoms with E-state index in [0.717, 1.165) is 48.6 Å². The standard InChI is InChI=1S/C15H18N4O2/c1-3-4-13-12-7-8-16-15(12)18(17-13)14-9-11(19(20)21)6-5-10(14)2/h5-6,9,16H,3-4,7-8H2,1-2H3. The van der Waals surface area contributed by atoms with Crippen LogP contribution < -0.4 is 5.32 Å². The lowest BCUT2D eigenvalue weighted by Gasteiger charge is -2.09. The summed E-state index contributed by atoms with van der Waals surface area (Å²) in [6, 6.07) is 4.90. The normalized spacial score (nSPS) is 13.0. The van der Waals surface area contributed by atoms with E-state index in [4.69, 9.17) is 0 Å². The fraction of sp³-hybridized carbons (Fsp3) is 0.400. The molecule has 0 saturated heterocycles. The van der Waals surface area contributed by atoms with Crippen molar-refractivity contribution in [2.24, 2.45) is 0 Å². The van der Waals surface area contributed by atoms with E-state index in [0.29, 0.717) is 0 Å². The molecule has 0 amide bonds. The quantitative estimate of drug-likeness (QED) is 0.692. The van der Waals surface area contributed by atoms with Gasteiger partial charge in [0.1, 0.15) is 5.82 Å². The number of aromatic nitrogens is 2. The Morgan fingerprint density at radius 2 is 2.29 bits per heavy atom. The molecule has 0 aliphatic carbocycles. The summed E-state index contributed by atoms with van der Waals surface area (Å²) in [6.45, 7) is 4.98. The van der Waals surface area contributed by atoms with E-state index in [1.165, 1.54) is 11.6 Å². The highest BCUT2D eigenvalue weighted by atomic mass is 16.6. The smallest absolute Gasteiger partial charge is 0.271 e. The van der Waals surface area contributed by atoms with E-state index in [-0.39, 0.29) is 10.6 Å². The number of nitrogens with zero attached hydrogens (tertiary/aromatic N) is 3. The van der Waals surface area contributed by atoms with E-state index < -0.39 is 0 Å². The lowest BCUT2D eigenvalue weighted by atomic mass is 10.1. The van der Waals surface area contributed by atoms with Gasteiger partial charge in [-0.25, -0.2) is 4.68 Å². The highest BCUT2D eigenvalue weighted by Crippen LogP contribution is 2.31. The van der Waals surface area contributed by atoms with Crippen LogP contribution in [0.3, 0.4) is 0 Å². The molecule has 0 radical (unpaired) electrons. The summed E-state index contributed by atoms with van der Waals surface area (Å²) in [6.07, 6.45) is 2.95. The van der Waals surface area contributed by atoms with Crippen molar-refractivity contribution in [1.82, 2.24) is 9.78 Å². The molecule has 1 aromatic heterocycles. The average molecular weight is 286 g/mol. The number of nitro groups is 1. The minimum Gasteiger partial charge on any atom is -0.369 e. The van der Waals surface area contributed by atoms with Crippen molar-refractivity contribution in [1.29, 1.82) is 0 Å². The predicted molar refractivity (Wildman–Crippen MR) is 81.1 cm³/mol. The van der Waals surface area contributed by atoms with Crippen LogP contribution in [0.25, 0.3) is 5.69 Å². The molecular formula is C15H18N4O2. The van der Waals surface area contributed by atoms with Crippen LogP contribution in [0.5, 0.6) is 0 Å². The van der Waals surface area contributed by atoms with Crippen LogP contribution >= 0.6 is 0 Å². The fourth-order valence-corrected chi connectivity index (χ4v) is 2.80. The van der Waals surface area contributed by atoms with E-state index in [1.807, 2.05) is 11.6 Å². The molecule has 6 nitrogen and oxygen atoms in total. The third-order valence-electron chi connectivity index (χ3n) is 3.85. The minimum atomic E-state index is -0.368. The predicted octanol–water partition coefficient (Wildman–Crippen LogP) is 3.01. The van der Waals surface area contributed by atoms with Crippen LogP contribution in [0.4, 0.5) is 11.5 Å². The van der Waals surface area contributed by atoms with Gasteiger partial charge in [0.25, 0.3) is 5.69 Å². The Kier molecular flexibility index (Phi) is 3.37. The molecule has 0 bridgehead atoms. The number of rotatable bonds is 4. The molecule has 0 saturated carbocycles. The molecule has 0 spiro atoms. The first-order valence-corrected chi connectivity index (χ1v) is 7.22. The summed E-state index contributed by atoms with van der Waals surface area (Å²) in [4.78, 5) is 10.6. The van der Waals surface area contributed by atoms with Crippen LogP contribution in [0.2, 0.25) is 0 Å². The minimum absolute atomic E-state index is 0.0925. The molecule has 2 heterocycles. The van der Waals surface area contributed by atoms with Gasteiger partial charge in [0, 0.05) is 24.2 Å². The maximum Gasteiger partial charge on any atom is 0.271 e. The Morgan fingerprint density at radius 3 is 3.00 bits per heavy atom. The monoisotopic (exact) mass is 286 g/mol. The van der Waals surface area contributed by atoms with Crippen LogP contribution in [0.1, 0.15) is 30.2 Å². The number of non-ortho nitro benzene ring substituents is 1. The van der Waals surface area contributed by atoms with Crippen LogP contribution in [-0.2, 0) is 12.8 Å². The van der Waals surface area contributed by atoms with Crippen molar-refractivity contribution in [3.8, 4) is 5.69 Å². The average Bonchev–Trinajstić information content (AvgIpc) is 3.03. The summed E-state index contributed by atoms with van der Waals surface area (Å²) in [7, 11) is 0. The lowest BCUT2D eigenvalue weighted by molar-refractivity contribution is -0.384. The highest BCUT2D eigenvalue weighted by molar-refractivity contribution is 5.60. The maximum atomic E-state index is 11.0. The van der Waals surface area contributed by atoms with Gasteiger partial charge in [-0.15, -0.1) is 0 Å². The second-order valence-corrected chi connectivity index (χ2v) is 5.34. The Balaban J connectivity index is 2.15. The zero-order valence-corrected chi connectivity index (χ0v) is 12.2. The molecule has 0 unspecified atom stereocenters. The maximum absolute atomic E-state index is 11.0. The molecule has 1 aromatic carbocycles. The second-order valence-electron chi connectivity index (χ2n) is 5.34. The molecule has 1 aliphatic rings. The Morgan fingerprint density at radius 1 is 1.48 bits per heavy atom. The Labute approximate surface area is 122 Å². The van der Waals surface area contributed by atoms with Crippen molar-refractivity contribution in [2.45, 2.75) is 33.1 Å². The van der Waals surface area contributed by atoms with Gasteiger partial charge in [-0.05, 0) is 25.3 Å². The zero-order chi connectivity index (χ0) is 15.0. The molecule has 110 valence electrons. The summed E-state index contributed by atoms with van der Waals surface area (Å²) >= 11 is 0. The summed E-state index contributed by atoms with van der Waals surface area (Å²) in [5.41, 5.74) is 4.20. The first-order chi connectivity index (χ1) is 10.1. The third-order valence-corrected chi connectivity index (χ3v) is 3.85. The number of nitro benzene ring substituents is 1. The van der Waals surface area contributed by atoms with Crippen molar-refractivity contribution in [3.05, 3.63) is 45.1 Å². The van der Waals surface area contributed by atoms with E-state index in [2.05, 4.69) is 17.3 Å². The van der Waals surface area contributed by atoms with Gasteiger partial charge in [-0.2, -0.15) is 5.10 Å². The first-order valence-electron chi connectivity index (χ1n) is 7.22. The largest absolute Gasteiger partial charge is 0.369 e. The summed E-state index contributed by atoms with van der Waals surface area (Å²) in [5.74, 6) is 0.988. The molecule has 1 aliphatic heterocycles. The number of hydrogen-bond donors (Lipinski definition) is 1. The van der Waals surface area contributed by atoms with E-state index in [9.17, 15) is 10.1 Å². The molecule has 6 heteroatoms. The number of fused-ring (bicyclic) bond motifs is 1. The van der Waals surface area contributed by atoms with Crippen molar-refractivity contribution in [2.75, 3.05) is 11.9 Å². The number of nitrogens with one attached hydrogen (secondary N) is 1. The number of anilines is 1. The molecule has 0 atom stereocenters. The van der Waals surface area contributed by atoms with Gasteiger partial charge in [-0.3, -0.25) is 10.1 Å². The molecule has 3 rings (SSSR count). The van der Waals surface area contributed by atoms with E-state index in [1.54, 1.807) is 12.1 Å². The first kappa shape index (κ1) is 13.6.